The Morgan fingerprint density at radius 3 is 2.14 bits per heavy atom. The number of nitrogens with one attached hydrogen (secondary N) is 2. The minimum atomic E-state index is 0.0510. The Bertz CT molecular complexity index is 508. The summed E-state index contributed by atoms with van der Waals surface area (Å²) in [5, 5.41) is 0. The molecule has 0 aromatic carbocycles. The molecule has 1 aromatic heterocycles. The number of hydrogen-bond donors (Lipinski definition) is 2. The predicted molar refractivity (Wildman–Crippen MR) is 88.2 cm³/mol. The standard InChI is InChI=1S/C17H28N4O/c1-11-10-12(2)19-16(18-11)21-20-15(22)13-6-8-14(9-7-13)17(3,4)5/h10,13-14H,6-9H2,1-5H3,(H,20,22)(H,18,19,21). The summed E-state index contributed by atoms with van der Waals surface area (Å²) in [5.41, 5.74) is 7.71. The molecule has 1 aliphatic rings. The summed E-state index contributed by atoms with van der Waals surface area (Å²) in [6.07, 6.45) is 4.18. The van der Waals surface area contributed by atoms with Crippen LogP contribution in [0.15, 0.2) is 6.07 Å². The van der Waals surface area contributed by atoms with E-state index in [4.69, 9.17) is 0 Å². The molecule has 122 valence electrons. The van der Waals surface area contributed by atoms with Crippen LogP contribution in [0.5, 0.6) is 0 Å². The van der Waals surface area contributed by atoms with Crippen LogP contribution in [0, 0.1) is 31.1 Å². The van der Waals surface area contributed by atoms with Gasteiger partial charge < -0.3 is 0 Å². The number of aryl methyl sites for hydroxylation is 2. The fourth-order valence-corrected chi connectivity index (χ4v) is 3.22. The average Bonchev–Trinajstić information content (AvgIpc) is 2.43. The van der Waals surface area contributed by atoms with E-state index in [0.717, 1.165) is 37.1 Å². The molecule has 0 spiro atoms. The van der Waals surface area contributed by atoms with Crippen molar-refractivity contribution in [1.82, 2.24) is 15.4 Å². The number of rotatable bonds is 3. The largest absolute Gasteiger partial charge is 0.273 e. The van der Waals surface area contributed by atoms with Crippen LogP contribution in [-0.2, 0) is 4.79 Å². The monoisotopic (exact) mass is 304 g/mol. The van der Waals surface area contributed by atoms with Gasteiger partial charge in [-0.15, -0.1) is 0 Å². The van der Waals surface area contributed by atoms with Crippen LogP contribution in [0.3, 0.4) is 0 Å². The Balaban J connectivity index is 1.83. The van der Waals surface area contributed by atoms with Gasteiger partial charge in [0, 0.05) is 17.3 Å². The fraction of sp³-hybridized carbons (Fsp3) is 0.706. The fourth-order valence-electron chi connectivity index (χ4n) is 3.22. The first-order valence-corrected chi connectivity index (χ1v) is 8.14. The van der Waals surface area contributed by atoms with Gasteiger partial charge in [-0.25, -0.2) is 9.97 Å². The minimum absolute atomic E-state index is 0.0510. The van der Waals surface area contributed by atoms with Crippen LogP contribution >= 0.6 is 0 Å². The van der Waals surface area contributed by atoms with Crippen molar-refractivity contribution in [3.8, 4) is 0 Å². The molecule has 1 saturated carbocycles. The first kappa shape index (κ1) is 16.7. The second-order valence-electron chi connectivity index (χ2n) is 7.50. The lowest BCUT2D eigenvalue weighted by molar-refractivity contribution is -0.126. The first-order chi connectivity index (χ1) is 10.3. The maximum absolute atomic E-state index is 12.3. The third kappa shape index (κ3) is 4.42. The van der Waals surface area contributed by atoms with Crippen LogP contribution in [0.25, 0.3) is 0 Å². The number of amides is 1. The highest BCUT2D eigenvalue weighted by atomic mass is 16.2. The van der Waals surface area contributed by atoms with E-state index in [2.05, 4.69) is 41.6 Å². The van der Waals surface area contributed by atoms with Crippen molar-refractivity contribution in [2.45, 2.75) is 60.3 Å². The predicted octanol–water partition coefficient (Wildman–Crippen LogP) is 3.39. The number of anilines is 1. The molecule has 1 fully saturated rings. The van der Waals surface area contributed by atoms with Gasteiger partial charge in [0.15, 0.2) is 0 Å². The summed E-state index contributed by atoms with van der Waals surface area (Å²) in [4.78, 5) is 20.8. The van der Waals surface area contributed by atoms with E-state index in [1.165, 1.54) is 0 Å². The van der Waals surface area contributed by atoms with E-state index in [0.29, 0.717) is 17.3 Å². The lowest BCUT2D eigenvalue weighted by Crippen LogP contribution is -2.38. The topological polar surface area (TPSA) is 66.9 Å². The maximum Gasteiger partial charge on any atom is 0.242 e. The summed E-state index contributed by atoms with van der Waals surface area (Å²) in [6, 6.07) is 1.90. The average molecular weight is 304 g/mol. The Morgan fingerprint density at radius 1 is 1.09 bits per heavy atom. The summed E-state index contributed by atoms with van der Waals surface area (Å²) in [5.74, 6) is 1.31. The molecule has 22 heavy (non-hydrogen) atoms. The van der Waals surface area contributed by atoms with E-state index in [-0.39, 0.29) is 11.8 Å². The molecular weight excluding hydrogens is 276 g/mol. The van der Waals surface area contributed by atoms with Crippen LogP contribution in [0.4, 0.5) is 5.95 Å². The van der Waals surface area contributed by atoms with Crippen LogP contribution in [-0.4, -0.2) is 15.9 Å². The minimum Gasteiger partial charge on any atom is -0.273 e. The van der Waals surface area contributed by atoms with Crippen LogP contribution in [0.2, 0.25) is 0 Å². The molecule has 1 heterocycles. The van der Waals surface area contributed by atoms with E-state index >= 15 is 0 Å². The molecule has 1 aliphatic carbocycles. The van der Waals surface area contributed by atoms with Gasteiger partial charge >= 0.3 is 0 Å². The van der Waals surface area contributed by atoms with Gasteiger partial charge in [-0.05, 0) is 56.9 Å². The van der Waals surface area contributed by atoms with Crippen molar-refractivity contribution >= 4 is 11.9 Å². The van der Waals surface area contributed by atoms with Gasteiger partial charge in [0.1, 0.15) is 0 Å². The molecule has 0 unspecified atom stereocenters. The molecule has 5 heteroatoms. The number of carbonyl (C=O) groups is 1. The van der Waals surface area contributed by atoms with Crippen molar-refractivity contribution in [2.75, 3.05) is 5.43 Å². The summed E-state index contributed by atoms with van der Waals surface area (Å²) in [7, 11) is 0. The Kier molecular flexibility index (Phi) is 5.04. The molecule has 0 bridgehead atoms. The highest BCUT2D eigenvalue weighted by Crippen LogP contribution is 2.39. The second kappa shape index (κ2) is 6.63. The zero-order valence-electron chi connectivity index (χ0n) is 14.4. The van der Waals surface area contributed by atoms with Gasteiger partial charge in [0.2, 0.25) is 11.9 Å². The number of carbonyl (C=O) groups excluding carboxylic acids is 1. The molecule has 0 radical (unpaired) electrons. The van der Waals surface area contributed by atoms with Crippen molar-refractivity contribution in [2.24, 2.45) is 17.3 Å². The lowest BCUT2D eigenvalue weighted by Gasteiger charge is -2.36. The molecule has 1 aromatic rings. The van der Waals surface area contributed by atoms with Crippen molar-refractivity contribution in [3.05, 3.63) is 17.5 Å². The first-order valence-electron chi connectivity index (χ1n) is 8.14. The van der Waals surface area contributed by atoms with E-state index in [1.54, 1.807) is 0 Å². The van der Waals surface area contributed by atoms with Crippen molar-refractivity contribution in [3.63, 3.8) is 0 Å². The Hall–Kier alpha value is -1.65. The molecule has 0 aliphatic heterocycles. The SMILES string of the molecule is Cc1cc(C)nc(NNC(=O)C2CCC(C(C)(C)C)CC2)n1. The lowest BCUT2D eigenvalue weighted by atomic mass is 9.70. The molecule has 2 rings (SSSR count). The number of hydrazine groups is 1. The molecule has 1 amide bonds. The van der Waals surface area contributed by atoms with E-state index in [9.17, 15) is 4.79 Å². The van der Waals surface area contributed by atoms with E-state index < -0.39 is 0 Å². The smallest absolute Gasteiger partial charge is 0.242 e. The van der Waals surface area contributed by atoms with Crippen LogP contribution < -0.4 is 10.9 Å². The zero-order chi connectivity index (χ0) is 16.3. The highest BCUT2D eigenvalue weighted by molar-refractivity contribution is 5.79. The number of hydrogen-bond acceptors (Lipinski definition) is 4. The maximum atomic E-state index is 12.3. The zero-order valence-corrected chi connectivity index (χ0v) is 14.4. The normalized spacial score (nSPS) is 22.2. The molecule has 2 N–H and O–H groups in total. The summed E-state index contributed by atoms with van der Waals surface area (Å²) >= 11 is 0. The third-order valence-corrected chi connectivity index (χ3v) is 4.60. The summed E-state index contributed by atoms with van der Waals surface area (Å²) < 4.78 is 0. The van der Waals surface area contributed by atoms with Crippen molar-refractivity contribution in [1.29, 1.82) is 0 Å². The molecule has 5 nitrogen and oxygen atoms in total. The quantitative estimate of drug-likeness (QED) is 0.840. The molecular formula is C17H28N4O. The Labute approximate surface area is 133 Å². The number of nitrogens with zero attached hydrogens (tertiary/aromatic N) is 2. The molecule has 0 saturated heterocycles. The van der Waals surface area contributed by atoms with Crippen LogP contribution in [0.1, 0.15) is 57.8 Å². The third-order valence-electron chi connectivity index (χ3n) is 4.60. The summed E-state index contributed by atoms with van der Waals surface area (Å²) in [6.45, 7) is 10.7. The highest BCUT2D eigenvalue weighted by Gasteiger charge is 2.32. The Morgan fingerprint density at radius 2 is 1.64 bits per heavy atom. The number of aromatic nitrogens is 2. The van der Waals surface area contributed by atoms with Gasteiger partial charge in [0.25, 0.3) is 0 Å². The molecule has 0 atom stereocenters. The van der Waals surface area contributed by atoms with Gasteiger partial charge in [-0.2, -0.15) is 0 Å². The van der Waals surface area contributed by atoms with Gasteiger partial charge in [-0.1, -0.05) is 20.8 Å². The van der Waals surface area contributed by atoms with E-state index in [1.807, 2.05) is 19.9 Å². The second-order valence-corrected chi connectivity index (χ2v) is 7.50. The van der Waals surface area contributed by atoms with Gasteiger partial charge in [-0.3, -0.25) is 15.6 Å². The van der Waals surface area contributed by atoms with Gasteiger partial charge in [0.05, 0.1) is 0 Å². The van der Waals surface area contributed by atoms with Crippen molar-refractivity contribution < 1.29 is 4.79 Å².